The molecule has 1 saturated heterocycles. The van der Waals surface area contributed by atoms with E-state index < -0.39 is 18.1 Å². The number of aliphatic hydroxyl groups is 1. The Kier molecular flexibility index (Phi) is 4.99. The quantitative estimate of drug-likeness (QED) is 0.623. The maximum atomic E-state index is 11.8. The lowest BCUT2D eigenvalue weighted by atomic mass is 10.1. The molecule has 1 unspecified atom stereocenters. The first-order valence-electron chi connectivity index (χ1n) is 6.80. The lowest BCUT2D eigenvalue weighted by Gasteiger charge is -2.18. The van der Waals surface area contributed by atoms with Crippen LogP contribution in [0.4, 0.5) is 0 Å². The number of nitrogens with one attached hydrogen (secondary N) is 1. The number of rotatable bonds is 5. The fourth-order valence-corrected chi connectivity index (χ4v) is 2.09. The van der Waals surface area contributed by atoms with Crippen LogP contribution >= 0.6 is 0 Å². The zero-order chi connectivity index (χ0) is 16.1. The Balaban J connectivity index is 2.10. The van der Waals surface area contributed by atoms with Crippen molar-refractivity contribution < 1.29 is 19.5 Å². The zero-order valence-corrected chi connectivity index (χ0v) is 12.4. The Morgan fingerprint density at radius 1 is 1.50 bits per heavy atom. The van der Waals surface area contributed by atoms with Gasteiger partial charge in [0.15, 0.2) is 5.57 Å². The molecule has 0 aliphatic carbocycles. The predicted octanol–water partition coefficient (Wildman–Crippen LogP) is 1.18. The highest BCUT2D eigenvalue weighted by Crippen LogP contribution is 2.22. The summed E-state index contributed by atoms with van der Waals surface area (Å²) in [7, 11) is 1.58. The first-order valence-corrected chi connectivity index (χ1v) is 6.80. The number of likely N-dealkylation sites (N-methyl/N-ethyl adjacent to an activating group) is 1. The number of hydroxylamine groups is 2. The summed E-state index contributed by atoms with van der Waals surface area (Å²) >= 11 is 0. The molecule has 1 heterocycles. The molecule has 7 heteroatoms. The molecule has 2 rings (SSSR count). The van der Waals surface area contributed by atoms with E-state index in [-0.39, 0.29) is 12.2 Å². The van der Waals surface area contributed by atoms with Crippen molar-refractivity contribution in [3.63, 3.8) is 0 Å². The molecule has 1 aromatic carbocycles. The average Bonchev–Trinajstić information content (AvgIpc) is 2.79. The second-order valence-corrected chi connectivity index (χ2v) is 4.67. The number of hydrogen-bond donors (Lipinski definition) is 2. The van der Waals surface area contributed by atoms with Crippen LogP contribution < -0.4 is 5.32 Å². The zero-order valence-electron chi connectivity index (χ0n) is 12.4. The minimum Gasteiger partial charge on any atom is -0.481 e. The number of aliphatic hydroxyl groups excluding tert-OH is 1. The van der Waals surface area contributed by atoms with Gasteiger partial charge in [0.25, 0.3) is 5.95 Å². The van der Waals surface area contributed by atoms with Gasteiger partial charge in [-0.3, -0.25) is 5.32 Å². The third-order valence-corrected chi connectivity index (χ3v) is 3.18. The molecule has 0 bridgehead atoms. The van der Waals surface area contributed by atoms with Gasteiger partial charge in [-0.15, -0.1) is 5.06 Å². The van der Waals surface area contributed by atoms with Gasteiger partial charge in [-0.25, -0.2) is 4.79 Å². The van der Waals surface area contributed by atoms with Gasteiger partial charge in [-0.1, -0.05) is 12.1 Å². The van der Waals surface area contributed by atoms with Crippen molar-refractivity contribution in [1.29, 1.82) is 5.26 Å². The maximum absolute atomic E-state index is 11.8. The Morgan fingerprint density at radius 2 is 2.18 bits per heavy atom. The Bertz CT molecular complexity index is 619. The van der Waals surface area contributed by atoms with Crippen molar-refractivity contribution >= 4 is 5.97 Å². The summed E-state index contributed by atoms with van der Waals surface area (Å²) in [4.78, 5) is 16.7. The Hall–Kier alpha value is -2.56. The molecular weight excluding hydrogens is 286 g/mol. The van der Waals surface area contributed by atoms with E-state index in [1.807, 2.05) is 18.2 Å². The van der Waals surface area contributed by atoms with Gasteiger partial charge in [0.1, 0.15) is 6.17 Å². The molecule has 2 N–H and O–H groups in total. The fraction of sp³-hybridized carbons (Fsp3) is 0.333. The predicted molar refractivity (Wildman–Crippen MR) is 76.9 cm³/mol. The van der Waals surface area contributed by atoms with Gasteiger partial charge in [0.2, 0.25) is 0 Å². The number of hydrogen-bond acceptors (Lipinski definition) is 7. The van der Waals surface area contributed by atoms with Crippen molar-refractivity contribution in [3.8, 4) is 6.07 Å². The molecule has 7 nitrogen and oxygen atoms in total. The van der Waals surface area contributed by atoms with Gasteiger partial charge in [-0.2, -0.15) is 5.26 Å². The van der Waals surface area contributed by atoms with Crippen LogP contribution in [0.1, 0.15) is 18.1 Å². The Morgan fingerprint density at radius 3 is 2.77 bits per heavy atom. The number of nitriles is 1. The summed E-state index contributed by atoms with van der Waals surface area (Å²) in [6.45, 7) is 2.38. The largest absolute Gasteiger partial charge is 0.481 e. The van der Waals surface area contributed by atoms with E-state index in [1.54, 1.807) is 26.1 Å². The lowest BCUT2D eigenvalue weighted by molar-refractivity contribution is -0.169. The number of benzene rings is 1. The van der Waals surface area contributed by atoms with Crippen molar-refractivity contribution in [2.75, 3.05) is 13.7 Å². The average molecular weight is 303 g/mol. The maximum Gasteiger partial charge on any atom is 0.363 e. The van der Waals surface area contributed by atoms with E-state index in [0.29, 0.717) is 12.1 Å². The molecule has 116 valence electrons. The molecular formula is C15H17N3O4. The molecule has 0 amide bonds. The van der Waals surface area contributed by atoms with E-state index in [9.17, 15) is 9.90 Å². The standard InChI is InChI=1S/C15H17N3O4/c1-3-21-14(19)12-13(18(2)22-15(12)20)17-9-11-6-4-10(8-16)5-7-11/h4-7,13,17,19H,3,9H2,1-2H3/b14-12-. The third-order valence-electron chi connectivity index (χ3n) is 3.18. The molecule has 0 saturated carbocycles. The van der Waals surface area contributed by atoms with E-state index >= 15 is 0 Å². The molecule has 0 spiro atoms. The minimum atomic E-state index is -0.647. The summed E-state index contributed by atoms with van der Waals surface area (Å²) < 4.78 is 4.99. The first-order chi connectivity index (χ1) is 10.6. The molecule has 0 aromatic heterocycles. The van der Waals surface area contributed by atoms with E-state index in [0.717, 1.165) is 5.56 Å². The molecule has 1 aliphatic heterocycles. The van der Waals surface area contributed by atoms with Crippen LogP contribution in [0, 0.1) is 11.3 Å². The number of carbonyl (C=O) groups excluding carboxylic acids is 1. The number of carbonyl (C=O) groups is 1. The van der Waals surface area contributed by atoms with Gasteiger partial charge in [-0.05, 0) is 24.6 Å². The Labute approximate surface area is 128 Å². The van der Waals surface area contributed by atoms with Gasteiger partial charge in [0.05, 0.1) is 18.2 Å². The molecule has 1 aliphatic rings. The summed E-state index contributed by atoms with van der Waals surface area (Å²) in [6.07, 6.45) is -0.616. The van der Waals surface area contributed by atoms with Crippen LogP contribution in [0.3, 0.4) is 0 Å². The van der Waals surface area contributed by atoms with Gasteiger partial charge in [0, 0.05) is 13.6 Å². The van der Waals surface area contributed by atoms with E-state index in [2.05, 4.69) is 5.32 Å². The monoisotopic (exact) mass is 303 g/mol. The highest BCUT2D eigenvalue weighted by molar-refractivity contribution is 5.91. The summed E-state index contributed by atoms with van der Waals surface area (Å²) in [6, 6.07) is 9.11. The van der Waals surface area contributed by atoms with Gasteiger partial charge >= 0.3 is 5.97 Å². The van der Waals surface area contributed by atoms with Crippen LogP contribution in [0.5, 0.6) is 0 Å². The van der Waals surface area contributed by atoms with Crippen molar-refractivity contribution in [3.05, 3.63) is 46.9 Å². The third kappa shape index (κ3) is 3.36. The van der Waals surface area contributed by atoms with Crippen LogP contribution in [-0.2, 0) is 20.9 Å². The summed E-state index contributed by atoms with van der Waals surface area (Å²) in [5, 5.41) is 23.0. The normalized spacial score (nSPS) is 20.4. The molecule has 0 radical (unpaired) electrons. The highest BCUT2D eigenvalue weighted by atomic mass is 16.7. The second kappa shape index (κ2) is 6.93. The second-order valence-electron chi connectivity index (χ2n) is 4.67. The van der Waals surface area contributed by atoms with Crippen molar-refractivity contribution in [1.82, 2.24) is 10.4 Å². The lowest BCUT2D eigenvalue weighted by Crippen LogP contribution is -2.39. The first kappa shape index (κ1) is 15.8. The van der Waals surface area contributed by atoms with E-state index in [4.69, 9.17) is 14.8 Å². The molecule has 1 atom stereocenters. The SMILES string of the molecule is CCO/C(O)=C1\C(=O)ON(C)C1NCc1ccc(C#N)cc1. The van der Waals surface area contributed by atoms with E-state index in [1.165, 1.54) is 5.06 Å². The van der Waals surface area contributed by atoms with Crippen molar-refractivity contribution in [2.45, 2.75) is 19.6 Å². The fourth-order valence-electron chi connectivity index (χ4n) is 2.09. The number of nitrogens with zero attached hydrogens (tertiary/aromatic N) is 2. The molecule has 22 heavy (non-hydrogen) atoms. The van der Waals surface area contributed by atoms with Crippen LogP contribution in [0.2, 0.25) is 0 Å². The van der Waals surface area contributed by atoms with Crippen LogP contribution in [-0.4, -0.2) is 36.0 Å². The summed E-state index contributed by atoms with van der Waals surface area (Å²) in [5.74, 6) is -1.08. The minimum absolute atomic E-state index is 0.0398. The van der Waals surface area contributed by atoms with Gasteiger partial charge < -0.3 is 14.7 Å². The highest BCUT2D eigenvalue weighted by Gasteiger charge is 2.39. The molecule has 1 fully saturated rings. The summed E-state index contributed by atoms with van der Waals surface area (Å²) in [5.41, 5.74) is 1.55. The smallest absolute Gasteiger partial charge is 0.363 e. The topological polar surface area (TPSA) is 94.8 Å². The van der Waals surface area contributed by atoms with Crippen molar-refractivity contribution in [2.24, 2.45) is 0 Å². The van der Waals surface area contributed by atoms with Crippen LogP contribution in [0.25, 0.3) is 0 Å². The molecule has 1 aromatic rings. The van der Waals surface area contributed by atoms with Crippen LogP contribution in [0.15, 0.2) is 35.8 Å². The number of ether oxygens (including phenoxy) is 1.